The Hall–Kier alpha value is -2.89. The summed E-state index contributed by atoms with van der Waals surface area (Å²) in [4.78, 5) is 32.5. The van der Waals surface area contributed by atoms with Crippen LogP contribution in [0.4, 0.5) is 11.4 Å². The average Bonchev–Trinajstić information content (AvgIpc) is 2.69. The molecule has 6 nitrogen and oxygen atoms in total. The third-order valence-electron chi connectivity index (χ3n) is 5.05. The molecule has 27 heavy (non-hydrogen) atoms. The molecule has 0 aliphatic carbocycles. The van der Waals surface area contributed by atoms with Gasteiger partial charge in [-0.1, -0.05) is 25.1 Å². The van der Waals surface area contributed by atoms with Crippen molar-refractivity contribution in [3.8, 4) is 0 Å². The van der Waals surface area contributed by atoms with E-state index in [0.29, 0.717) is 18.7 Å². The number of hydrogen-bond acceptors (Lipinski definition) is 4. The predicted molar refractivity (Wildman–Crippen MR) is 107 cm³/mol. The summed E-state index contributed by atoms with van der Waals surface area (Å²) in [6.07, 6.45) is 4.22. The van der Waals surface area contributed by atoms with Crippen LogP contribution in [0.3, 0.4) is 0 Å². The van der Waals surface area contributed by atoms with Crippen molar-refractivity contribution in [3.63, 3.8) is 0 Å². The molecule has 1 aliphatic rings. The topological polar surface area (TPSA) is 65.5 Å². The molecule has 0 radical (unpaired) electrons. The Morgan fingerprint density at radius 3 is 2.56 bits per heavy atom. The van der Waals surface area contributed by atoms with Crippen molar-refractivity contribution in [2.75, 3.05) is 36.4 Å². The monoisotopic (exact) mass is 366 g/mol. The van der Waals surface area contributed by atoms with Gasteiger partial charge in [-0.05, 0) is 30.5 Å². The van der Waals surface area contributed by atoms with Gasteiger partial charge < -0.3 is 15.1 Å². The van der Waals surface area contributed by atoms with Gasteiger partial charge in [0.2, 0.25) is 5.91 Å². The molecule has 1 fully saturated rings. The van der Waals surface area contributed by atoms with Crippen molar-refractivity contribution in [3.05, 3.63) is 53.3 Å². The summed E-state index contributed by atoms with van der Waals surface area (Å²) in [6, 6.07) is 7.91. The molecule has 6 heteroatoms. The van der Waals surface area contributed by atoms with E-state index in [1.165, 1.54) is 0 Å². The van der Waals surface area contributed by atoms with Gasteiger partial charge in [-0.25, -0.2) is 0 Å². The summed E-state index contributed by atoms with van der Waals surface area (Å²) in [5.41, 5.74) is 4.49. The standard InChI is InChI=1S/C21H26N4O2/c1-4-17-7-5-6-15(2)20(17)23-21(27)18-12-19(14-22-13-18)25-10-8-24(9-11-25)16(3)26/h5-7,12-14H,4,8-11H2,1-3H3,(H,23,27). The molecule has 1 aliphatic heterocycles. The van der Waals surface area contributed by atoms with E-state index in [-0.39, 0.29) is 11.8 Å². The second-order valence-electron chi connectivity index (χ2n) is 6.84. The Labute approximate surface area is 160 Å². The van der Waals surface area contributed by atoms with Crippen LogP contribution in [0, 0.1) is 6.92 Å². The number of amides is 2. The second kappa shape index (κ2) is 8.20. The first-order valence-electron chi connectivity index (χ1n) is 9.35. The molecule has 0 saturated carbocycles. The van der Waals surface area contributed by atoms with Crippen molar-refractivity contribution in [2.24, 2.45) is 0 Å². The number of nitrogens with one attached hydrogen (secondary N) is 1. The Kier molecular flexibility index (Phi) is 5.74. The Morgan fingerprint density at radius 2 is 1.89 bits per heavy atom. The first-order valence-corrected chi connectivity index (χ1v) is 9.35. The van der Waals surface area contributed by atoms with Crippen LogP contribution in [-0.2, 0) is 11.2 Å². The number of para-hydroxylation sites is 1. The Bertz CT molecular complexity index is 842. The fourth-order valence-electron chi connectivity index (χ4n) is 3.39. The largest absolute Gasteiger partial charge is 0.367 e. The smallest absolute Gasteiger partial charge is 0.257 e. The molecule has 1 saturated heterocycles. The van der Waals surface area contributed by atoms with Crippen LogP contribution in [0.15, 0.2) is 36.7 Å². The van der Waals surface area contributed by atoms with Gasteiger partial charge >= 0.3 is 0 Å². The van der Waals surface area contributed by atoms with Gasteiger partial charge in [-0.3, -0.25) is 14.6 Å². The lowest BCUT2D eigenvalue weighted by Crippen LogP contribution is -2.48. The Balaban J connectivity index is 1.74. The highest BCUT2D eigenvalue weighted by Crippen LogP contribution is 2.23. The molecular formula is C21H26N4O2. The molecule has 2 aromatic rings. The molecule has 1 N–H and O–H groups in total. The first kappa shape index (κ1) is 18.9. The zero-order valence-electron chi connectivity index (χ0n) is 16.2. The normalized spacial score (nSPS) is 14.2. The highest BCUT2D eigenvalue weighted by atomic mass is 16.2. The molecular weight excluding hydrogens is 340 g/mol. The van der Waals surface area contributed by atoms with Crippen LogP contribution in [-0.4, -0.2) is 47.9 Å². The summed E-state index contributed by atoms with van der Waals surface area (Å²) >= 11 is 0. The van der Waals surface area contributed by atoms with Crippen LogP contribution in [0.5, 0.6) is 0 Å². The van der Waals surface area contributed by atoms with Gasteiger partial charge in [0.05, 0.1) is 17.4 Å². The Morgan fingerprint density at radius 1 is 1.15 bits per heavy atom. The van der Waals surface area contributed by atoms with Crippen LogP contribution >= 0.6 is 0 Å². The molecule has 2 amide bonds. The maximum absolute atomic E-state index is 12.8. The lowest BCUT2D eigenvalue weighted by molar-refractivity contribution is -0.129. The highest BCUT2D eigenvalue weighted by Gasteiger charge is 2.20. The number of carbonyl (C=O) groups excluding carboxylic acids is 2. The zero-order chi connectivity index (χ0) is 19.4. The summed E-state index contributed by atoms with van der Waals surface area (Å²) < 4.78 is 0. The molecule has 3 rings (SSSR count). The molecule has 1 aromatic carbocycles. The zero-order valence-corrected chi connectivity index (χ0v) is 16.2. The van der Waals surface area contributed by atoms with Gasteiger partial charge in [0, 0.05) is 45.0 Å². The minimum Gasteiger partial charge on any atom is -0.367 e. The second-order valence-corrected chi connectivity index (χ2v) is 6.84. The number of nitrogens with zero attached hydrogens (tertiary/aromatic N) is 3. The number of anilines is 2. The number of carbonyl (C=O) groups is 2. The molecule has 2 heterocycles. The quantitative estimate of drug-likeness (QED) is 0.904. The molecule has 0 atom stereocenters. The van der Waals surface area contributed by atoms with Gasteiger partial charge in [-0.15, -0.1) is 0 Å². The number of aryl methyl sites for hydroxylation is 2. The van der Waals surface area contributed by atoms with Crippen molar-refractivity contribution in [1.29, 1.82) is 0 Å². The van der Waals surface area contributed by atoms with E-state index in [1.807, 2.05) is 36.1 Å². The molecule has 142 valence electrons. The van der Waals surface area contributed by atoms with Crippen molar-refractivity contribution in [2.45, 2.75) is 27.2 Å². The number of hydrogen-bond donors (Lipinski definition) is 1. The van der Waals surface area contributed by atoms with E-state index in [0.717, 1.165) is 42.0 Å². The number of benzene rings is 1. The van der Waals surface area contributed by atoms with E-state index >= 15 is 0 Å². The van der Waals surface area contributed by atoms with Crippen LogP contribution in [0.1, 0.15) is 35.3 Å². The van der Waals surface area contributed by atoms with Gasteiger partial charge in [-0.2, -0.15) is 0 Å². The minimum atomic E-state index is -0.157. The van der Waals surface area contributed by atoms with E-state index < -0.39 is 0 Å². The van der Waals surface area contributed by atoms with E-state index in [4.69, 9.17) is 0 Å². The van der Waals surface area contributed by atoms with E-state index in [2.05, 4.69) is 22.1 Å². The summed E-state index contributed by atoms with van der Waals surface area (Å²) in [5.74, 6) is -0.0541. The fourth-order valence-corrected chi connectivity index (χ4v) is 3.39. The lowest BCUT2D eigenvalue weighted by atomic mass is 10.1. The van der Waals surface area contributed by atoms with E-state index in [9.17, 15) is 9.59 Å². The summed E-state index contributed by atoms with van der Waals surface area (Å²) in [7, 11) is 0. The summed E-state index contributed by atoms with van der Waals surface area (Å²) in [6.45, 7) is 8.53. The van der Waals surface area contributed by atoms with Gasteiger partial charge in [0.15, 0.2) is 0 Å². The van der Waals surface area contributed by atoms with E-state index in [1.54, 1.807) is 19.3 Å². The lowest BCUT2D eigenvalue weighted by Gasteiger charge is -2.35. The summed E-state index contributed by atoms with van der Waals surface area (Å²) in [5, 5.41) is 3.05. The number of piperazine rings is 1. The maximum Gasteiger partial charge on any atom is 0.257 e. The number of aromatic nitrogens is 1. The molecule has 0 unspecified atom stereocenters. The molecule has 0 spiro atoms. The van der Waals surface area contributed by atoms with Crippen LogP contribution in [0.25, 0.3) is 0 Å². The fraction of sp³-hybridized carbons (Fsp3) is 0.381. The molecule has 0 bridgehead atoms. The predicted octanol–water partition coefficient (Wildman–Crippen LogP) is 2.87. The average molecular weight is 366 g/mol. The van der Waals surface area contributed by atoms with Crippen molar-refractivity contribution >= 4 is 23.2 Å². The number of rotatable bonds is 4. The van der Waals surface area contributed by atoms with Gasteiger partial charge in [0.1, 0.15) is 0 Å². The third kappa shape index (κ3) is 4.27. The molecule has 1 aromatic heterocycles. The third-order valence-corrected chi connectivity index (χ3v) is 5.05. The van der Waals surface area contributed by atoms with Crippen molar-refractivity contribution in [1.82, 2.24) is 9.88 Å². The maximum atomic E-state index is 12.8. The van der Waals surface area contributed by atoms with Crippen LogP contribution < -0.4 is 10.2 Å². The van der Waals surface area contributed by atoms with Crippen molar-refractivity contribution < 1.29 is 9.59 Å². The highest BCUT2D eigenvalue weighted by molar-refractivity contribution is 6.05. The SMILES string of the molecule is CCc1cccc(C)c1NC(=O)c1cncc(N2CCN(C(C)=O)CC2)c1. The van der Waals surface area contributed by atoms with Crippen LogP contribution in [0.2, 0.25) is 0 Å². The first-order chi connectivity index (χ1) is 13.0. The van der Waals surface area contributed by atoms with Gasteiger partial charge in [0.25, 0.3) is 5.91 Å². The number of pyridine rings is 1. The minimum absolute atomic E-state index is 0.103.